The van der Waals surface area contributed by atoms with E-state index in [9.17, 15) is 4.79 Å². The van der Waals surface area contributed by atoms with Crippen molar-refractivity contribution in [2.24, 2.45) is 5.92 Å². The monoisotopic (exact) mass is 270 g/mol. The SMILES string of the molecule is O=C(NCCC1=CCNCC1)C1CC1c1ccccc1. The Morgan fingerprint density at radius 1 is 1.30 bits per heavy atom. The normalized spacial score (nSPS) is 24.9. The van der Waals surface area contributed by atoms with Crippen molar-refractivity contribution in [3.05, 3.63) is 47.5 Å². The van der Waals surface area contributed by atoms with Crippen LogP contribution in [0.2, 0.25) is 0 Å². The molecule has 1 aliphatic heterocycles. The molecule has 1 aromatic rings. The zero-order chi connectivity index (χ0) is 13.8. The topological polar surface area (TPSA) is 41.1 Å². The summed E-state index contributed by atoms with van der Waals surface area (Å²) in [5.74, 6) is 0.863. The molecule has 2 unspecified atom stereocenters. The van der Waals surface area contributed by atoms with Gasteiger partial charge in [-0.05, 0) is 37.3 Å². The Kier molecular flexibility index (Phi) is 4.16. The van der Waals surface area contributed by atoms with Crippen LogP contribution in [0.3, 0.4) is 0 Å². The van der Waals surface area contributed by atoms with Crippen molar-refractivity contribution < 1.29 is 4.79 Å². The third-order valence-corrected chi connectivity index (χ3v) is 4.26. The highest BCUT2D eigenvalue weighted by molar-refractivity contribution is 5.82. The predicted octanol–water partition coefficient (Wildman–Crippen LogP) is 2.22. The summed E-state index contributed by atoms with van der Waals surface area (Å²) in [6.45, 7) is 2.82. The second-order valence-electron chi connectivity index (χ2n) is 5.72. The van der Waals surface area contributed by atoms with E-state index in [0.717, 1.165) is 38.9 Å². The Labute approximate surface area is 120 Å². The lowest BCUT2D eigenvalue weighted by Gasteiger charge is -2.14. The molecule has 106 valence electrons. The third-order valence-electron chi connectivity index (χ3n) is 4.26. The quantitative estimate of drug-likeness (QED) is 0.806. The number of carbonyl (C=O) groups is 1. The van der Waals surface area contributed by atoms with Crippen molar-refractivity contribution >= 4 is 5.91 Å². The molecular formula is C17H22N2O. The van der Waals surface area contributed by atoms with Crippen LogP contribution in [0, 0.1) is 5.92 Å². The zero-order valence-corrected chi connectivity index (χ0v) is 11.8. The number of rotatable bonds is 5. The Bertz CT molecular complexity index is 495. The summed E-state index contributed by atoms with van der Waals surface area (Å²) >= 11 is 0. The van der Waals surface area contributed by atoms with Gasteiger partial charge in [-0.25, -0.2) is 0 Å². The maximum absolute atomic E-state index is 12.1. The molecule has 20 heavy (non-hydrogen) atoms. The fourth-order valence-corrected chi connectivity index (χ4v) is 2.93. The van der Waals surface area contributed by atoms with Crippen molar-refractivity contribution in [2.75, 3.05) is 19.6 Å². The first-order chi connectivity index (χ1) is 9.84. The molecule has 1 fully saturated rings. The number of hydrogen-bond acceptors (Lipinski definition) is 2. The second kappa shape index (κ2) is 6.23. The highest BCUT2D eigenvalue weighted by atomic mass is 16.2. The average Bonchev–Trinajstić information content (AvgIpc) is 3.30. The van der Waals surface area contributed by atoms with Crippen LogP contribution in [0.15, 0.2) is 42.0 Å². The third kappa shape index (κ3) is 3.28. The van der Waals surface area contributed by atoms with Crippen molar-refractivity contribution in [3.8, 4) is 0 Å². The molecule has 0 radical (unpaired) electrons. The molecule has 1 aliphatic carbocycles. The summed E-state index contributed by atoms with van der Waals surface area (Å²) in [5, 5.41) is 6.39. The van der Waals surface area contributed by atoms with Crippen molar-refractivity contribution in [1.29, 1.82) is 0 Å². The minimum Gasteiger partial charge on any atom is -0.356 e. The summed E-state index contributed by atoms with van der Waals surface area (Å²) in [6.07, 6.45) is 5.37. The second-order valence-corrected chi connectivity index (χ2v) is 5.72. The van der Waals surface area contributed by atoms with Crippen molar-refractivity contribution in [1.82, 2.24) is 10.6 Å². The van der Waals surface area contributed by atoms with Crippen LogP contribution >= 0.6 is 0 Å². The van der Waals surface area contributed by atoms with Crippen molar-refractivity contribution in [3.63, 3.8) is 0 Å². The fraction of sp³-hybridized carbons (Fsp3) is 0.471. The standard InChI is InChI=1S/C17H22N2O/c20-17(19-11-8-13-6-9-18-10-7-13)16-12-15(16)14-4-2-1-3-5-14/h1-6,15-16,18H,7-12H2,(H,19,20). The summed E-state index contributed by atoms with van der Waals surface area (Å²) in [7, 11) is 0. The first-order valence-electron chi connectivity index (χ1n) is 7.56. The summed E-state index contributed by atoms with van der Waals surface area (Å²) < 4.78 is 0. The highest BCUT2D eigenvalue weighted by Gasteiger charge is 2.43. The molecule has 3 heteroatoms. The summed E-state index contributed by atoms with van der Waals surface area (Å²) in [5.41, 5.74) is 2.77. The van der Waals surface area contributed by atoms with E-state index in [0.29, 0.717) is 5.92 Å². The average molecular weight is 270 g/mol. The van der Waals surface area contributed by atoms with Gasteiger partial charge in [0, 0.05) is 19.0 Å². The molecule has 3 rings (SSSR count). The van der Waals surface area contributed by atoms with Gasteiger partial charge in [0.2, 0.25) is 5.91 Å². The van der Waals surface area contributed by atoms with Gasteiger partial charge >= 0.3 is 0 Å². The van der Waals surface area contributed by atoms with Crippen LogP contribution in [0.4, 0.5) is 0 Å². The summed E-state index contributed by atoms with van der Waals surface area (Å²) in [6, 6.07) is 10.4. The maximum Gasteiger partial charge on any atom is 0.223 e. The first kappa shape index (κ1) is 13.4. The molecule has 1 saturated carbocycles. The largest absolute Gasteiger partial charge is 0.356 e. The van der Waals surface area contributed by atoms with E-state index < -0.39 is 0 Å². The van der Waals surface area contributed by atoms with E-state index in [1.54, 1.807) is 0 Å². The van der Waals surface area contributed by atoms with Gasteiger partial charge in [-0.1, -0.05) is 42.0 Å². The Morgan fingerprint density at radius 2 is 2.15 bits per heavy atom. The highest BCUT2D eigenvalue weighted by Crippen LogP contribution is 2.47. The Balaban J connectivity index is 1.41. The first-order valence-corrected chi connectivity index (χ1v) is 7.56. The van der Waals surface area contributed by atoms with Gasteiger partial charge in [0.25, 0.3) is 0 Å². The molecule has 2 atom stereocenters. The fourth-order valence-electron chi connectivity index (χ4n) is 2.93. The van der Waals surface area contributed by atoms with Gasteiger partial charge < -0.3 is 10.6 Å². The van der Waals surface area contributed by atoms with Gasteiger partial charge in [-0.2, -0.15) is 0 Å². The Morgan fingerprint density at radius 3 is 2.90 bits per heavy atom. The van der Waals surface area contributed by atoms with Crippen LogP contribution in [0.25, 0.3) is 0 Å². The number of amides is 1. The van der Waals surface area contributed by atoms with E-state index in [2.05, 4.69) is 28.8 Å². The van der Waals surface area contributed by atoms with Crippen LogP contribution in [0.1, 0.15) is 30.7 Å². The molecule has 1 aromatic carbocycles. The van der Waals surface area contributed by atoms with Gasteiger partial charge in [0.15, 0.2) is 0 Å². The molecular weight excluding hydrogens is 248 g/mol. The van der Waals surface area contributed by atoms with E-state index >= 15 is 0 Å². The lowest BCUT2D eigenvalue weighted by molar-refractivity contribution is -0.122. The molecule has 1 amide bonds. The molecule has 2 aliphatic rings. The van der Waals surface area contributed by atoms with E-state index in [4.69, 9.17) is 0 Å². The zero-order valence-electron chi connectivity index (χ0n) is 11.8. The number of carbonyl (C=O) groups excluding carboxylic acids is 1. The van der Waals surface area contributed by atoms with E-state index in [-0.39, 0.29) is 11.8 Å². The number of benzene rings is 1. The van der Waals surface area contributed by atoms with Gasteiger partial charge in [0.1, 0.15) is 0 Å². The summed E-state index contributed by atoms with van der Waals surface area (Å²) in [4.78, 5) is 12.1. The van der Waals surface area contributed by atoms with E-state index in [1.165, 1.54) is 11.1 Å². The lowest BCUT2D eigenvalue weighted by atomic mass is 10.1. The predicted molar refractivity (Wildman–Crippen MR) is 80.5 cm³/mol. The molecule has 0 aromatic heterocycles. The molecule has 3 nitrogen and oxygen atoms in total. The van der Waals surface area contributed by atoms with Crippen LogP contribution < -0.4 is 10.6 Å². The molecule has 0 spiro atoms. The van der Waals surface area contributed by atoms with E-state index in [1.807, 2.05) is 18.2 Å². The molecule has 2 N–H and O–H groups in total. The minimum absolute atomic E-state index is 0.194. The smallest absolute Gasteiger partial charge is 0.223 e. The maximum atomic E-state index is 12.1. The molecule has 1 heterocycles. The van der Waals surface area contributed by atoms with Crippen LogP contribution in [0.5, 0.6) is 0 Å². The van der Waals surface area contributed by atoms with Gasteiger partial charge in [-0.3, -0.25) is 4.79 Å². The Hall–Kier alpha value is -1.61. The molecule has 0 saturated heterocycles. The molecule has 0 bridgehead atoms. The van der Waals surface area contributed by atoms with Crippen LogP contribution in [-0.4, -0.2) is 25.5 Å². The lowest BCUT2D eigenvalue weighted by Crippen LogP contribution is -2.28. The minimum atomic E-state index is 0.194. The number of nitrogens with one attached hydrogen (secondary N) is 2. The van der Waals surface area contributed by atoms with Gasteiger partial charge in [-0.15, -0.1) is 0 Å². The van der Waals surface area contributed by atoms with Crippen molar-refractivity contribution in [2.45, 2.75) is 25.2 Å². The van der Waals surface area contributed by atoms with Gasteiger partial charge in [0.05, 0.1) is 0 Å². The van der Waals surface area contributed by atoms with Crippen LogP contribution in [-0.2, 0) is 4.79 Å². The number of hydrogen-bond donors (Lipinski definition) is 2.